The second-order valence-electron chi connectivity index (χ2n) is 4.40. The van der Waals surface area contributed by atoms with Gasteiger partial charge in [0.05, 0.1) is 17.3 Å². The molecule has 7 heteroatoms. The van der Waals surface area contributed by atoms with E-state index < -0.39 is 5.91 Å². The van der Waals surface area contributed by atoms with Gasteiger partial charge in [-0.3, -0.25) is 4.79 Å². The third kappa shape index (κ3) is 2.81. The number of hydrogen-bond acceptors (Lipinski definition) is 5. The monoisotopic (exact) mass is 308 g/mol. The number of fused-ring (bicyclic) bond motifs is 1. The molecule has 2 aromatic rings. The molecule has 21 heavy (non-hydrogen) atoms. The highest BCUT2D eigenvalue weighted by Gasteiger charge is 2.18. The Morgan fingerprint density at radius 2 is 1.95 bits per heavy atom. The van der Waals surface area contributed by atoms with Gasteiger partial charge in [-0.25, -0.2) is 0 Å². The molecule has 1 aromatic heterocycles. The van der Waals surface area contributed by atoms with E-state index in [1.54, 1.807) is 24.3 Å². The van der Waals surface area contributed by atoms with Gasteiger partial charge >= 0.3 is 0 Å². The van der Waals surface area contributed by atoms with Gasteiger partial charge in [-0.1, -0.05) is 11.6 Å². The summed E-state index contributed by atoms with van der Waals surface area (Å²) in [5.74, 6) is 1.40. The predicted octanol–water partition coefficient (Wildman–Crippen LogP) is 2.42. The predicted molar refractivity (Wildman–Crippen MR) is 77.0 cm³/mol. The molecule has 1 aliphatic heterocycles. The Morgan fingerprint density at radius 3 is 2.62 bits per heavy atom. The standard InChI is InChI=1S/C14H13ClN2O4/c15-9-5-12-13(20-4-3-19-12)6-10(9)17-14(18)11-2-1-8(7-16)21-11/h1-2,5-6H,3-4,7,16H2,(H,17,18). The average Bonchev–Trinajstić information content (AvgIpc) is 2.97. The molecular formula is C14H13ClN2O4. The first-order chi connectivity index (χ1) is 10.2. The first-order valence-corrected chi connectivity index (χ1v) is 6.74. The van der Waals surface area contributed by atoms with E-state index in [0.717, 1.165) is 0 Å². The minimum Gasteiger partial charge on any atom is -0.486 e. The van der Waals surface area contributed by atoms with E-state index in [1.165, 1.54) is 0 Å². The number of nitrogens with one attached hydrogen (secondary N) is 1. The SMILES string of the molecule is NCc1ccc(C(=O)Nc2cc3c(cc2Cl)OCCO3)o1. The number of furan rings is 1. The van der Waals surface area contributed by atoms with Gasteiger partial charge in [0.15, 0.2) is 17.3 Å². The number of ether oxygens (including phenoxy) is 2. The topological polar surface area (TPSA) is 86.7 Å². The number of rotatable bonds is 3. The number of nitrogens with two attached hydrogens (primary N) is 1. The van der Waals surface area contributed by atoms with E-state index in [0.29, 0.717) is 41.2 Å². The summed E-state index contributed by atoms with van der Waals surface area (Å²) in [4.78, 5) is 12.1. The maximum absolute atomic E-state index is 12.1. The van der Waals surface area contributed by atoms with Crippen LogP contribution in [0.4, 0.5) is 5.69 Å². The Bertz CT molecular complexity index is 684. The summed E-state index contributed by atoms with van der Waals surface area (Å²) in [7, 11) is 0. The first-order valence-electron chi connectivity index (χ1n) is 6.36. The van der Waals surface area contributed by atoms with Gasteiger partial charge in [-0.2, -0.15) is 0 Å². The normalized spacial score (nSPS) is 13.0. The van der Waals surface area contributed by atoms with Crippen LogP contribution in [0.1, 0.15) is 16.3 Å². The van der Waals surface area contributed by atoms with Crippen molar-refractivity contribution in [2.24, 2.45) is 5.73 Å². The largest absolute Gasteiger partial charge is 0.486 e. The molecule has 0 bridgehead atoms. The Labute approximate surface area is 125 Å². The van der Waals surface area contributed by atoms with E-state index >= 15 is 0 Å². The highest BCUT2D eigenvalue weighted by Crippen LogP contribution is 2.38. The lowest BCUT2D eigenvalue weighted by atomic mass is 10.2. The molecule has 1 aliphatic rings. The van der Waals surface area contributed by atoms with Gasteiger partial charge in [0.2, 0.25) is 0 Å². The second kappa shape index (κ2) is 5.67. The molecule has 0 unspecified atom stereocenters. The maximum atomic E-state index is 12.1. The molecular weight excluding hydrogens is 296 g/mol. The Hall–Kier alpha value is -2.18. The van der Waals surface area contributed by atoms with Crippen LogP contribution >= 0.6 is 11.6 Å². The van der Waals surface area contributed by atoms with Crippen molar-refractivity contribution in [3.63, 3.8) is 0 Å². The van der Waals surface area contributed by atoms with Crippen molar-refractivity contribution < 1.29 is 18.7 Å². The zero-order valence-electron chi connectivity index (χ0n) is 11.0. The van der Waals surface area contributed by atoms with Crippen molar-refractivity contribution in [3.8, 4) is 11.5 Å². The van der Waals surface area contributed by atoms with Crippen molar-refractivity contribution in [3.05, 3.63) is 40.8 Å². The molecule has 0 spiro atoms. The molecule has 3 rings (SSSR count). The van der Waals surface area contributed by atoms with E-state index in [2.05, 4.69) is 5.32 Å². The van der Waals surface area contributed by atoms with E-state index in [1.807, 2.05) is 0 Å². The maximum Gasteiger partial charge on any atom is 0.291 e. The molecule has 0 saturated carbocycles. The van der Waals surface area contributed by atoms with Crippen LogP contribution in [-0.2, 0) is 6.54 Å². The number of carbonyl (C=O) groups is 1. The number of carbonyl (C=O) groups excluding carboxylic acids is 1. The first kappa shape index (κ1) is 13.8. The minimum absolute atomic E-state index is 0.168. The van der Waals surface area contributed by atoms with Gasteiger partial charge in [0.25, 0.3) is 5.91 Å². The molecule has 6 nitrogen and oxygen atoms in total. The van der Waals surface area contributed by atoms with Gasteiger partial charge in [0, 0.05) is 12.1 Å². The summed E-state index contributed by atoms with van der Waals surface area (Å²) >= 11 is 6.12. The van der Waals surface area contributed by atoms with Crippen LogP contribution in [-0.4, -0.2) is 19.1 Å². The highest BCUT2D eigenvalue weighted by molar-refractivity contribution is 6.34. The highest BCUT2D eigenvalue weighted by atomic mass is 35.5. The summed E-state index contributed by atoms with van der Waals surface area (Å²) in [5.41, 5.74) is 5.87. The summed E-state index contributed by atoms with van der Waals surface area (Å²) in [5, 5.41) is 3.03. The fraction of sp³-hybridized carbons (Fsp3) is 0.214. The average molecular weight is 309 g/mol. The summed E-state index contributed by atoms with van der Waals surface area (Å²) in [6.45, 7) is 1.17. The molecule has 3 N–H and O–H groups in total. The Morgan fingerprint density at radius 1 is 1.24 bits per heavy atom. The fourth-order valence-electron chi connectivity index (χ4n) is 1.95. The molecule has 1 aromatic carbocycles. The molecule has 110 valence electrons. The molecule has 0 saturated heterocycles. The third-order valence-electron chi connectivity index (χ3n) is 2.97. The molecule has 2 heterocycles. The van der Waals surface area contributed by atoms with Crippen LogP contribution in [0.2, 0.25) is 5.02 Å². The van der Waals surface area contributed by atoms with Crippen molar-refractivity contribution in [2.45, 2.75) is 6.54 Å². The molecule has 0 fully saturated rings. The van der Waals surface area contributed by atoms with Gasteiger partial charge in [-0.15, -0.1) is 0 Å². The van der Waals surface area contributed by atoms with Crippen LogP contribution in [0.3, 0.4) is 0 Å². The van der Waals surface area contributed by atoms with Gasteiger partial charge in [0.1, 0.15) is 19.0 Å². The lowest BCUT2D eigenvalue weighted by Crippen LogP contribution is -2.16. The lowest BCUT2D eigenvalue weighted by Gasteiger charge is -2.19. The van der Waals surface area contributed by atoms with E-state index in [9.17, 15) is 4.79 Å². The summed E-state index contributed by atoms with van der Waals surface area (Å²) < 4.78 is 16.1. The van der Waals surface area contributed by atoms with Gasteiger partial charge < -0.3 is 24.9 Å². The number of benzene rings is 1. The van der Waals surface area contributed by atoms with Crippen LogP contribution in [0, 0.1) is 0 Å². The number of hydrogen-bond donors (Lipinski definition) is 2. The van der Waals surface area contributed by atoms with Crippen LogP contribution in [0.5, 0.6) is 11.5 Å². The van der Waals surface area contributed by atoms with Gasteiger partial charge in [-0.05, 0) is 12.1 Å². The molecule has 0 atom stereocenters. The zero-order valence-corrected chi connectivity index (χ0v) is 11.8. The second-order valence-corrected chi connectivity index (χ2v) is 4.81. The fourth-order valence-corrected chi connectivity index (χ4v) is 2.15. The third-order valence-corrected chi connectivity index (χ3v) is 3.28. The number of amides is 1. The van der Waals surface area contributed by atoms with Crippen molar-refractivity contribution in [1.29, 1.82) is 0 Å². The quantitative estimate of drug-likeness (QED) is 0.909. The van der Waals surface area contributed by atoms with Crippen molar-refractivity contribution in [1.82, 2.24) is 0 Å². The number of halogens is 1. The van der Waals surface area contributed by atoms with Crippen molar-refractivity contribution in [2.75, 3.05) is 18.5 Å². The molecule has 0 radical (unpaired) electrons. The van der Waals surface area contributed by atoms with Crippen LogP contribution in [0.25, 0.3) is 0 Å². The Balaban J connectivity index is 1.82. The smallest absolute Gasteiger partial charge is 0.291 e. The lowest BCUT2D eigenvalue weighted by molar-refractivity contribution is 0.0995. The van der Waals surface area contributed by atoms with E-state index in [-0.39, 0.29) is 12.3 Å². The van der Waals surface area contributed by atoms with E-state index in [4.69, 9.17) is 31.2 Å². The summed E-state index contributed by atoms with van der Waals surface area (Å²) in [6.07, 6.45) is 0. The summed E-state index contributed by atoms with van der Waals surface area (Å²) in [6, 6.07) is 6.45. The minimum atomic E-state index is -0.409. The van der Waals surface area contributed by atoms with Crippen LogP contribution in [0.15, 0.2) is 28.7 Å². The van der Waals surface area contributed by atoms with Crippen LogP contribution < -0.4 is 20.5 Å². The molecule has 0 aliphatic carbocycles. The molecule has 1 amide bonds. The Kier molecular flexibility index (Phi) is 3.72. The van der Waals surface area contributed by atoms with Crippen molar-refractivity contribution >= 4 is 23.2 Å². The zero-order chi connectivity index (χ0) is 14.8. The number of anilines is 1.